The monoisotopic (exact) mass is 450 g/mol. The Kier molecular flexibility index (Phi) is 6.67. The molecule has 2 amide bonds. The van der Waals surface area contributed by atoms with E-state index in [4.69, 9.17) is 4.74 Å². The summed E-state index contributed by atoms with van der Waals surface area (Å²) in [5.74, 6) is -1.78. The van der Waals surface area contributed by atoms with Crippen LogP contribution in [0.25, 0.3) is 11.1 Å². The fourth-order valence-corrected chi connectivity index (χ4v) is 4.94. The van der Waals surface area contributed by atoms with Crippen molar-refractivity contribution in [1.29, 1.82) is 0 Å². The summed E-state index contributed by atoms with van der Waals surface area (Å²) in [4.78, 5) is 38.7. The molecule has 1 saturated heterocycles. The first-order valence-corrected chi connectivity index (χ1v) is 11.6. The lowest BCUT2D eigenvalue weighted by Crippen LogP contribution is -2.54. The molecule has 7 nitrogen and oxygen atoms in total. The summed E-state index contributed by atoms with van der Waals surface area (Å²) < 4.78 is 5.58. The van der Waals surface area contributed by atoms with Gasteiger partial charge in [0.2, 0.25) is 5.91 Å². The van der Waals surface area contributed by atoms with Gasteiger partial charge in [-0.1, -0.05) is 55.5 Å². The predicted molar refractivity (Wildman–Crippen MR) is 124 cm³/mol. The van der Waals surface area contributed by atoms with Crippen LogP contribution in [0, 0.1) is 5.92 Å². The highest BCUT2D eigenvalue weighted by molar-refractivity contribution is 5.86. The van der Waals surface area contributed by atoms with Crippen LogP contribution in [-0.2, 0) is 14.3 Å². The second-order valence-electron chi connectivity index (χ2n) is 8.88. The lowest BCUT2D eigenvalue weighted by molar-refractivity contribution is -0.147. The first-order valence-electron chi connectivity index (χ1n) is 11.6. The molecule has 2 aliphatic rings. The average molecular weight is 451 g/mol. The van der Waals surface area contributed by atoms with Gasteiger partial charge in [-0.3, -0.25) is 9.59 Å². The van der Waals surface area contributed by atoms with E-state index in [9.17, 15) is 19.5 Å². The Labute approximate surface area is 193 Å². The van der Waals surface area contributed by atoms with E-state index in [1.807, 2.05) is 38.1 Å². The third kappa shape index (κ3) is 4.58. The van der Waals surface area contributed by atoms with Crippen LogP contribution in [0.2, 0.25) is 0 Å². The Hall–Kier alpha value is -3.35. The smallest absolute Gasteiger partial charge is 0.407 e. The number of hydrogen-bond acceptors (Lipinski definition) is 4. The number of benzene rings is 2. The third-order valence-electron chi connectivity index (χ3n) is 6.86. The Balaban J connectivity index is 1.40. The molecular weight excluding hydrogens is 420 g/mol. The molecule has 0 radical (unpaired) electrons. The van der Waals surface area contributed by atoms with Gasteiger partial charge in [0.25, 0.3) is 0 Å². The zero-order valence-corrected chi connectivity index (χ0v) is 19.0. The maximum atomic E-state index is 13.1. The SMILES string of the molecule is CC[C@@H](NC(=O)OCC1c2ccccc2-c2ccccc21)C(=O)N1CC(C(=O)O)CCC1C. The van der Waals surface area contributed by atoms with Crippen LogP contribution in [0.15, 0.2) is 48.5 Å². The number of ether oxygens (including phenoxy) is 1. The van der Waals surface area contributed by atoms with Crippen LogP contribution < -0.4 is 5.32 Å². The van der Waals surface area contributed by atoms with Gasteiger partial charge in [0.1, 0.15) is 12.6 Å². The molecule has 1 aliphatic heterocycles. The zero-order chi connectivity index (χ0) is 23.5. The second kappa shape index (κ2) is 9.65. The number of amides is 2. The van der Waals surface area contributed by atoms with Gasteiger partial charge < -0.3 is 20.1 Å². The van der Waals surface area contributed by atoms with Gasteiger partial charge in [0, 0.05) is 18.5 Å². The van der Waals surface area contributed by atoms with Gasteiger partial charge in [-0.05, 0) is 48.4 Å². The van der Waals surface area contributed by atoms with Gasteiger partial charge in [-0.2, -0.15) is 0 Å². The van der Waals surface area contributed by atoms with E-state index >= 15 is 0 Å². The fourth-order valence-electron chi connectivity index (χ4n) is 4.94. The lowest BCUT2D eigenvalue weighted by atomic mass is 9.92. The molecule has 2 unspecified atom stereocenters. The molecule has 174 valence electrons. The maximum absolute atomic E-state index is 13.1. The molecule has 0 spiro atoms. The number of hydrogen-bond donors (Lipinski definition) is 2. The van der Waals surface area contributed by atoms with Crippen molar-refractivity contribution in [2.24, 2.45) is 5.92 Å². The van der Waals surface area contributed by atoms with E-state index in [1.54, 1.807) is 4.90 Å². The molecule has 2 aromatic carbocycles. The summed E-state index contributed by atoms with van der Waals surface area (Å²) in [6, 6.07) is 15.4. The molecule has 1 fully saturated rings. The van der Waals surface area contributed by atoms with Crippen molar-refractivity contribution >= 4 is 18.0 Å². The molecule has 4 rings (SSSR count). The number of carboxylic acid groups (broad SMARTS) is 1. The number of alkyl carbamates (subject to hydrolysis) is 1. The number of likely N-dealkylation sites (tertiary alicyclic amines) is 1. The number of carbonyl (C=O) groups is 3. The van der Waals surface area contributed by atoms with Crippen molar-refractivity contribution in [3.05, 3.63) is 59.7 Å². The normalized spacial score (nSPS) is 20.5. The van der Waals surface area contributed by atoms with Crippen molar-refractivity contribution < 1.29 is 24.2 Å². The minimum absolute atomic E-state index is 0.0580. The minimum atomic E-state index is -0.891. The Morgan fingerprint density at radius 3 is 2.24 bits per heavy atom. The first-order chi connectivity index (χ1) is 15.9. The number of carboxylic acids is 1. The Morgan fingerprint density at radius 1 is 1.06 bits per heavy atom. The number of carbonyl (C=O) groups excluding carboxylic acids is 2. The van der Waals surface area contributed by atoms with Crippen molar-refractivity contribution in [2.45, 2.75) is 51.1 Å². The molecule has 1 heterocycles. The van der Waals surface area contributed by atoms with Gasteiger partial charge in [-0.15, -0.1) is 0 Å². The van der Waals surface area contributed by atoms with Crippen LogP contribution in [-0.4, -0.2) is 53.2 Å². The largest absolute Gasteiger partial charge is 0.481 e. The quantitative estimate of drug-likeness (QED) is 0.693. The molecule has 1 aliphatic carbocycles. The summed E-state index contributed by atoms with van der Waals surface area (Å²) in [5.41, 5.74) is 4.54. The second-order valence-corrected chi connectivity index (χ2v) is 8.88. The molecule has 2 N–H and O–H groups in total. The minimum Gasteiger partial charge on any atom is -0.481 e. The van der Waals surface area contributed by atoms with Crippen LogP contribution in [0.3, 0.4) is 0 Å². The average Bonchev–Trinajstić information content (AvgIpc) is 3.14. The number of piperidine rings is 1. The number of nitrogens with zero attached hydrogens (tertiary/aromatic N) is 1. The molecule has 0 bridgehead atoms. The molecule has 2 aromatic rings. The Morgan fingerprint density at radius 2 is 1.67 bits per heavy atom. The van der Waals surface area contributed by atoms with Crippen molar-refractivity contribution in [3.63, 3.8) is 0 Å². The topological polar surface area (TPSA) is 95.9 Å². The Bertz CT molecular complexity index is 1010. The summed E-state index contributed by atoms with van der Waals surface area (Å²) in [5, 5.41) is 12.1. The predicted octanol–water partition coefficient (Wildman–Crippen LogP) is 4.02. The summed E-state index contributed by atoms with van der Waals surface area (Å²) in [7, 11) is 0. The van der Waals surface area contributed by atoms with Crippen LogP contribution in [0.4, 0.5) is 4.79 Å². The van der Waals surface area contributed by atoms with Gasteiger partial charge in [-0.25, -0.2) is 4.79 Å². The first kappa shape index (κ1) is 22.8. The number of aliphatic carboxylic acids is 1. The van der Waals surface area contributed by atoms with Gasteiger partial charge in [0.05, 0.1) is 5.92 Å². The molecule has 33 heavy (non-hydrogen) atoms. The van der Waals surface area contributed by atoms with Crippen molar-refractivity contribution in [3.8, 4) is 11.1 Å². The fraction of sp³-hybridized carbons (Fsp3) is 0.423. The van der Waals surface area contributed by atoms with Crippen molar-refractivity contribution in [1.82, 2.24) is 10.2 Å². The van der Waals surface area contributed by atoms with Crippen LogP contribution in [0.5, 0.6) is 0 Å². The van der Waals surface area contributed by atoms with Crippen LogP contribution in [0.1, 0.15) is 50.2 Å². The summed E-state index contributed by atoms with van der Waals surface area (Å²) in [6.07, 6.45) is 0.932. The van der Waals surface area contributed by atoms with E-state index in [0.29, 0.717) is 19.3 Å². The maximum Gasteiger partial charge on any atom is 0.407 e. The number of nitrogens with one attached hydrogen (secondary N) is 1. The third-order valence-corrected chi connectivity index (χ3v) is 6.86. The summed E-state index contributed by atoms with van der Waals surface area (Å²) >= 11 is 0. The van der Waals surface area contributed by atoms with E-state index in [2.05, 4.69) is 29.6 Å². The van der Waals surface area contributed by atoms with Crippen LogP contribution >= 0.6 is 0 Å². The number of fused-ring (bicyclic) bond motifs is 3. The lowest BCUT2D eigenvalue weighted by Gasteiger charge is -2.38. The van der Waals surface area contributed by atoms with Gasteiger partial charge >= 0.3 is 12.1 Å². The standard InChI is InChI=1S/C26H30N2O5/c1-3-23(24(29)28-14-17(25(30)31)13-12-16(28)2)27-26(32)33-15-22-20-10-6-4-8-18(20)19-9-5-7-11-21(19)22/h4-11,16-17,22-23H,3,12-15H2,1-2H3,(H,27,32)(H,30,31)/t16?,17?,23-/m1/s1. The molecule has 0 saturated carbocycles. The highest BCUT2D eigenvalue weighted by Gasteiger charge is 2.36. The highest BCUT2D eigenvalue weighted by atomic mass is 16.5. The van der Waals surface area contributed by atoms with E-state index in [0.717, 1.165) is 22.3 Å². The van der Waals surface area contributed by atoms with Gasteiger partial charge in [0.15, 0.2) is 0 Å². The molecule has 3 atom stereocenters. The summed E-state index contributed by atoms with van der Waals surface area (Å²) in [6.45, 7) is 4.06. The zero-order valence-electron chi connectivity index (χ0n) is 19.0. The highest BCUT2D eigenvalue weighted by Crippen LogP contribution is 2.44. The van der Waals surface area contributed by atoms with E-state index in [-0.39, 0.29) is 31.0 Å². The van der Waals surface area contributed by atoms with E-state index < -0.39 is 24.0 Å². The molecule has 0 aromatic heterocycles. The number of rotatable bonds is 6. The van der Waals surface area contributed by atoms with E-state index in [1.165, 1.54) is 0 Å². The van der Waals surface area contributed by atoms with Crippen molar-refractivity contribution in [2.75, 3.05) is 13.2 Å². The molecular formula is C26H30N2O5. The molecule has 7 heteroatoms.